The first kappa shape index (κ1) is 36.2. The lowest BCUT2D eigenvalue weighted by atomic mass is 9.77. The van der Waals surface area contributed by atoms with E-state index in [1.807, 2.05) is 20.7 Å². The van der Waals surface area contributed by atoms with Gasteiger partial charge < -0.3 is 9.47 Å². The first-order valence-electron chi connectivity index (χ1n) is 18.9. The molecule has 50 heavy (non-hydrogen) atoms. The van der Waals surface area contributed by atoms with E-state index in [1.165, 1.54) is 22.3 Å². The summed E-state index contributed by atoms with van der Waals surface area (Å²) in [5.41, 5.74) is 5.45. The standard InChI is InChI=1S/2C19H28N2O3S/c2*1-3-25(22,23)21-9-4-5-15-13-20-10-8-14-11-16(24-2)6-7-17(14)19(20)12-18(15)21/h2*6-7,11,15,18-19H,3-5,8-10,12-13H2,1-2H3/t2*15-,18+,19+/m11/s1. The van der Waals surface area contributed by atoms with Crippen LogP contribution in [0.2, 0.25) is 0 Å². The molecule has 6 heterocycles. The van der Waals surface area contributed by atoms with Crippen LogP contribution < -0.4 is 9.47 Å². The highest BCUT2D eigenvalue weighted by atomic mass is 32.2. The molecule has 0 spiro atoms. The van der Waals surface area contributed by atoms with Crippen LogP contribution in [0.3, 0.4) is 0 Å². The minimum atomic E-state index is -3.12. The van der Waals surface area contributed by atoms with Crippen molar-refractivity contribution in [3.63, 3.8) is 0 Å². The normalized spacial score (nSPS) is 30.2. The van der Waals surface area contributed by atoms with Crippen LogP contribution in [-0.2, 0) is 32.9 Å². The molecule has 2 aromatic carbocycles. The Kier molecular flexibility index (Phi) is 10.6. The van der Waals surface area contributed by atoms with E-state index in [0.717, 1.165) is 89.0 Å². The van der Waals surface area contributed by atoms with Crippen LogP contribution in [0.4, 0.5) is 0 Å². The highest BCUT2D eigenvalue weighted by Crippen LogP contribution is 2.45. The average Bonchev–Trinajstić information content (AvgIpc) is 3.15. The van der Waals surface area contributed by atoms with Gasteiger partial charge in [-0.25, -0.2) is 16.8 Å². The number of hydrogen-bond donors (Lipinski definition) is 0. The molecule has 10 nitrogen and oxygen atoms in total. The van der Waals surface area contributed by atoms with Crippen molar-refractivity contribution >= 4 is 20.0 Å². The monoisotopic (exact) mass is 728 g/mol. The number of benzene rings is 2. The number of piperidine rings is 4. The van der Waals surface area contributed by atoms with E-state index < -0.39 is 20.0 Å². The quantitative estimate of drug-likeness (QED) is 0.417. The number of methoxy groups -OCH3 is 2. The van der Waals surface area contributed by atoms with Crippen LogP contribution in [-0.4, -0.2) is 112 Å². The van der Waals surface area contributed by atoms with Gasteiger partial charge in [0, 0.05) is 63.4 Å². The van der Waals surface area contributed by atoms with Gasteiger partial charge in [0.15, 0.2) is 0 Å². The summed E-state index contributed by atoms with van der Waals surface area (Å²) in [5.74, 6) is 3.19. The fourth-order valence-corrected chi connectivity index (χ4v) is 12.9. The highest BCUT2D eigenvalue weighted by molar-refractivity contribution is 7.89. The summed E-state index contributed by atoms with van der Waals surface area (Å²) in [6.45, 7) is 9.09. The Balaban J connectivity index is 0.000000157. The summed E-state index contributed by atoms with van der Waals surface area (Å²) in [7, 11) is -2.83. The fraction of sp³-hybridized carbons (Fsp3) is 0.684. The fourth-order valence-electron chi connectivity index (χ4n) is 10.1. The van der Waals surface area contributed by atoms with Gasteiger partial charge in [0.1, 0.15) is 11.5 Å². The lowest BCUT2D eigenvalue weighted by Crippen LogP contribution is -2.57. The molecule has 4 fully saturated rings. The number of ether oxygens (including phenoxy) is 2. The molecule has 12 heteroatoms. The Labute approximate surface area is 300 Å². The highest BCUT2D eigenvalue weighted by Gasteiger charge is 2.47. The van der Waals surface area contributed by atoms with Crippen LogP contribution in [0.15, 0.2) is 36.4 Å². The Morgan fingerprint density at radius 1 is 0.640 bits per heavy atom. The Bertz CT molecular complexity index is 1630. The van der Waals surface area contributed by atoms with Crippen LogP contribution in [0.5, 0.6) is 11.5 Å². The second kappa shape index (κ2) is 14.7. The molecule has 0 bridgehead atoms. The van der Waals surface area contributed by atoms with Crippen LogP contribution in [0, 0.1) is 11.8 Å². The number of nitrogens with zero attached hydrogens (tertiary/aromatic N) is 4. The molecule has 0 radical (unpaired) electrons. The Morgan fingerprint density at radius 2 is 1.06 bits per heavy atom. The lowest BCUT2D eigenvalue weighted by molar-refractivity contribution is 0.0220. The van der Waals surface area contributed by atoms with Crippen LogP contribution in [0.1, 0.15) is 86.7 Å². The SMILES string of the molecule is CCS(=O)(=O)N1CCC[C@@H]2CN3CCc4cc(OC)ccc4[C@@H]3C[C@@H]21.CCS(=O)(=O)N1CCC[C@@H]2CN3CCc4cc(OC)ccc4[C@@H]3C[C@@H]21. The number of sulfonamides is 2. The van der Waals surface area contributed by atoms with Crippen molar-refractivity contribution in [3.8, 4) is 11.5 Å². The zero-order valence-corrected chi connectivity index (χ0v) is 31.9. The zero-order chi connectivity index (χ0) is 35.2. The molecule has 0 N–H and O–H groups in total. The zero-order valence-electron chi connectivity index (χ0n) is 30.3. The third kappa shape index (κ3) is 6.85. The van der Waals surface area contributed by atoms with Crippen LogP contribution in [0.25, 0.3) is 0 Å². The molecule has 0 aliphatic carbocycles. The maximum atomic E-state index is 12.6. The maximum Gasteiger partial charge on any atom is 0.214 e. The summed E-state index contributed by atoms with van der Waals surface area (Å²) < 4.78 is 64.8. The summed E-state index contributed by atoms with van der Waals surface area (Å²) in [5, 5.41) is 0. The van der Waals surface area contributed by atoms with Crippen molar-refractivity contribution in [1.29, 1.82) is 0 Å². The second-order valence-electron chi connectivity index (χ2n) is 15.1. The van der Waals surface area contributed by atoms with Gasteiger partial charge in [-0.3, -0.25) is 9.80 Å². The lowest BCUT2D eigenvalue weighted by Gasteiger charge is -2.51. The van der Waals surface area contributed by atoms with E-state index in [0.29, 0.717) is 37.0 Å². The molecule has 6 atom stereocenters. The summed E-state index contributed by atoms with van der Waals surface area (Å²) in [4.78, 5) is 5.16. The van der Waals surface area contributed by atoms with Gasteiger partial charge in [-0.05, 0) is 124 Å². The molecule has 6 aliphatic heterocycles. The molecule has 6 aliphatic rings. The molecular formula is C38H56N4O6S2. The molecule has 276 valence electrons. The van der Waals surface area contributed by atoms with Crippen molar-refractivity contribution in [2.24, 2.45) is 11.8 Å². The average molecular weight is 729 g/mol. The smallest absolute Gasteiger partial charge is 0.214 e. The Morgan fingerprint density at radius 3 is 1.44 bits per heavy atom. The van der Waals surface area contributed by atoms with Gasteiger partial charge in [0.2, 0.25) is 20.0 Å². The van der Waals surface area contributed by atoms with Crippen molar-refractivity contribution in [3.05, 3.63) is 58.7 Å². The summed E-state index contributed by atoms with van der Waals surface area (Å²) >= 11 is 0. The van der Waals surface area contributed by atoms with Gasteiger partial charge >= 0.3 is 0 Å². The van der Waals surface area contributed by atoms with E-state index in [9.17, 15) is 16.8 Å². The number of hydrogen-bond acceptors (Lipinski definition) is 8. The number of fused-ring (bicyclic) bond motifs is 8. The number of rotatable bonds is 6. The predicted molar refractivity (Wildman–Crippen MR) is 197 cm³/mol. The minimum absolute atomic E-state index is 0.160. The molecular weight excluding hydrogens is 673 g/mol. The first-order chi connectivity index (χ1) is 24.1. The van der Waals surface area contributed by atoms with Gasteiger partial charge in [0.25, 0.3) is 0 Å². The molecule has 0 unspecified atom stereocenters. The topological polar surface area (TPSA) is 99.7 Å². The van der Waals surface area contributed by atoms with Gasteiger partial charge in [-0.15, -0.1) is 0 Å². The molecule has 4 saturated heterocycles. The van der Waals surface area contributed by atoms with Crippen molar-refractivity contribution < 1.29 is 26.3 Å². The van der Waals surface area contributed by atoms with E-state index in [4.69, 9.17) is 9.47 Å². The summed E-state index contributed by atoms with van der Waals surface area (Å²) in [6.07, 6.45) is 8.23. The third-order valence-corrected chi connectivity index (χ3v) is 16.5. The predicted octanol–water partition coefficient (Wildman–Crippen LogP) is 4.86. The van der Waals surface area contributed by atoms with Crippen molar-refractivity contribution in [1.82, 2.24) is 18.4 Å². The van der Waals surface area contributed by atoms with E-state index >= 15 is 0 Å². The summed E-state index contributed by atoms with van der Waals surface area (Å²) in [6, 6.07) is 13.7. The first-order valence-corrected chi connectivity index (χ1v) is 22.1. The minimum Gasteiger partial charge on any atom is -0.497 e. The Hall–Kier alpha value is -2.22. The third-order valence-electron chi connectivity index (χ3n) is 12.7. The van der Waals surface area contributed by atoms with Gasteiger partial charge in [0.05, 0.1) is 25.7 Å². The van der Waals surface area contributed by atoms with E-state index in [2.05, 4.69) is 34.1 Å². The van der Waals surface area contributed by atoms with Crippen molar-refractivity contribution in [2.45, 2.75) is 89.4 Å². The van der Waals surface area contributed by atoms with Crippen LogP contribution >= 0.6 is 0 Å². The van der Waals surface area contributed by atoms with Gasteiger partial charge in [-0.1, -0.05) is 12.1 Å². The van der Waals surface area contributed by atoms with E-state index in [-0.39, 0.29) is 23.6 Å². The molecule has 0 saturated carbocycles. The molecule has 2 aromatic rings. The maximum absolute atomic E-state index is 12.6. The molecule has 0 aromatic heterocycles. The second-order valence-corrected chi connectivity index (χ2v) is 19.5. The molecule has 8 rings (SSSR count). The molecule has 0 amide bonds. The van der Waals surface area contributed by atoms with E-state index in [1.54, 1.807) is 28.1 Å². The van der Waals surface area contributed by atoms with Gasteiger partial charge in [-0.2, -0.15) is 8.61 Å². The van der Waals surface area contributed by atoms with Crippen molar-refractivity contribution in [2.75, 3.05) is 65.0 Å². The largest absolute Gasteiger partial charge is 0.497 e.